The summed E-state index contributed by atoms with van der Waals surface area (Å²) in [4.78, 5) is 17.6. The van der Waals surface area contributed by atoms with Crippen molar-refractivity contribution in [2.24, 2.45) is 4.99 Å². The molecule has 0 saturated heterocycles. The topological polar surface area (TPSA) is 44.7 Å². The van der Waals surface area contributed by atoms with E-state index in [2.05, 4.69) is 10.3 Å². The second-order valence-corrected chi connectivity index (χ2v) is 5.00. The molecule has 0 saturated carbocycles. The molecule has 0 heterocycles. The van der Waals surface area contributed by atoms with Crippen molar-refractivity contribution in [1.82, 2.24) is 5.32 Å². The molecule has 1 N–H and O–H groups in total. The Kier molecular flexibility index (Phi) is 5.20. The number of amides is 2. The van der Waals surface area contributed by atoms with Gasteiger partial charge in [-0.15, -0.1) is 0 Å². The van der Waals surface area contributed by atoms with Crippen LogP contribution in [0.2, 0.25) is 10.0 Å². The smallest absolute Gasteiger partial charge is 0.326 e. The summed E-state index contributed by atoms with van der Waals surface area (Å²) in [6, 6.07) is 13.7. The molecule has 0 atom stereocenters. The van der Waals surface area contributed by atoms with Gasteiger partial charge in [0.1, 0.15) is 6.34 Å². The summed E-state index contributed by atoms with van der Waals surface area (Å²) in [5.74, 6) is 0. The summed E-state index contributed by atoms with van der Waals surface area (Å²) < 4.78 is 0. The van der Waals surface area contributed by atoms with Crippen LogP contribution in [-0.4, -0.2) is 19.4 Å². The Hall–Kier alpha value is -2.04. The summed E-state index contributed by atoms with van der Waals surface area (Å²) in [6.45, 7) is 0. The highest BCUT2D eigenvalue weighted by Crippen LogP contribution is 2.21. The van der Waals surface area contributed by atoms with E-state index < -0.39 is 0 Å². The van der Waals surface area contributed by atoms with Crippen molar-refractivity contribution < 1.29 is 4.79 Å². The zero-order chi connectivity index (χ0) is 15.2. The van der Waals surface area contributed by atoms with Gasteiger partial charge in [0.15, 0.2) is 0 Å². The number of urea groups is 1. The first-order chi connectivity index (χ1) is 10.1. The molecule has 2 aromatic carbocycles. The van der Waals surface area contributed by atoms with Crippen LogP contribution in [0.5, 0.6) is 0 Å². The number of carbonyl (C=O) groups is 1. The maximum absolute atomic E-state index is 12.0. The van der Waals surface area contributed by atoms with Gasteiger partial charge in [0.25, 0.3) is 0 Å². The van der Waals surface area contributed by atoms with Gasteiger partial charge >= 0.3 is 6.03 Å². The largest absolute Gasteiger partial charge is 0.340 e. The molecule has 0 fully saturated rings. The van der Waals surface area contributed by atoms with E-state index in [0.29, 0.717) is 21.4 Å². The predicted octanol–water partition coefficient (Wildman–Crippen LogP) is 4.50. The minimum absolute atomic E-state index is 0.317. The lowest BCUT2D eigenvalue weighted by Gasteiger charge is -2.17. The van der Waals surface area contributed by atoms with Crippen molar-refractivity contribution in [1.29, 1.82) is 0 Å². The summed E-state index contributed by atoms with van der Waals surface area (Å²) in [7, 11) is 1.55. The molecule has 6 heteroatoms. The van der Waals surface area contributed by atoms with E-state index in [4.69, 9.17) is 23.2 Å². The van der Waals surface area contributed by atoms with Gasteiger partial charge < -0.3 is 5.32 Å². The number of nitrogens with zero attached hydrogens (tertiary/aromatic N) is 2. The fourth-order valence-electron chi connectivity index (χ4n) is 1.66. The predicted molar refractivity (Wildman–Crippen MR) is 88.0 cm³/mol. The summed E-state index contributed by atoms with van der Waals surface area (Å²) in [5.41, 5.74) is 1.27. The molecular formula is C15H13Cl2N3O. The molecular weight excluding hydrogens is 309 g/mol. The number of hydrogen-bond donors (Lipinski definition) is 1. The molecule has 0 aliphatic heterocycles. The van der Waals surface area contributed by atoms with Gasteiger partial charge in [-0.05, 0) is 36.4 Å². The van der Waals surface area contributed by atoms with Crippen molar-refractivity contribution in [2.45, 2.75) is 0 Å². The van der Waals surface area contributed by atoms with Crippen LogP contribution >= 0.6 is 23.2 Å². The molecule has 108 valence electrons. The molecule has 0 bridgehead atoms. The van der Waals surface area contributed by atoms with Gasteiger partial charge in [-0.3, -0.25) is 4.90 Å². The Morgan fingerprint density at radius 2 is 1.81 bits per heavy atom. The van der Waals surface area contributed by atoms with E-state index in [1.54, 1.807) is 55.6 Å². The standard InChI is InChI=1S/C15H13Cl2N3O/c1-18-15(21)20(14-7-3-5-12(17)9-14)10-19-13-6-2-4-11(16)8-13/h2-10H,1H3,(H,18,21). The molecule has 4 nitrogen and oxygen atoms in total. The Morgan fingerprint density at radius 1 is 1.14 bits per heavy atom. The zero-order valence-corrected chi connectivity index (χ0v) is 12.8. The average molecular weight is 322 g/mol. The van der Waals surface area contributed by atoms with E-state index in [1.165, 1.54) is 11.2 Å². The van der Waals surface area contributed by atoms with Crippen LogP contribution in [0.3, 0.4) is 0 Å². The monoisotopic (exact) mass is 321 g/mol. The molecule has 2 rings (SSSR count). The molecule has 0 aromatic heterocycles. The highest BCUT2D eigenvalue weighted by Gasteiger charge is 2.12. The van der Waals surface area contributed by atoms with Crippen LogP contribution in [0.25, 0.3) is 0 Å². The van der Waals surface area contributed by atoms with Gasteiger partial charge in [-0.25, -0.2) is 9.79 Å². The number of aliphatic imine (C=N–C) groups is 1. The van der Waals surface area contributed by atoms with Crippen molar-refractivity contribution in [3.05, 3.63) is 58.6 Å². The van der Waals surface area contributed by atoms with Crippen LogP contribution in [0, 0.1) is 0 Å². The SMILES string of the molecule is CNC(=O)N(C=Nc1cccc(Cl)c1)c1cccc(Cl)c1. The molecule has 0 spiro atoms. The van der Waals surface area contributed by atoms with E-state index in [-0.39, 0.29) is 6.03 Å². The fourth-order valence-corrected chi connectivity index (χ4v) is 2.03. The van der Waals surface area contributed by atoms with Crippen molar-refractivity contribution in [2.75, 3.05) is 11.9 Å². The third kappa shape index (κ3) is 4.21. The second kappa shape index (κ2) is 7.11. The van der Waals surface area contributed by atoms with Gasteiger partial charge in [-0.2, -0.15) is 0 Å². The first-order valence-electron chi connectivity index (χ1n) is 6.16. The number of hydrogen-bond acceptors (Lipinski definition) is 2. The molecule has 0 radical (unpaired) electrons. The molecule has 0 aliphatic carbocycles. The van der Waals surface area contributed by atoms with Gasteiger partial charge in [0.2, 0.25) is 0 Å². The Morgan fingerprint density at radius 3 is 2.43 bits per heavy atom. The van der Waals surface area contributed by atoms with Crippen molar-refractivity contribution in [3.8, 4) is 0 Å². The lowest BCUT2D eigenvalue weighted by Crippen LogP contribution is -2.37. The number of benzene rings is 2. The average Bonchev–Trinajstić information content (AvgIpc) is 2.47. The van der Waals surface area contributed by atoms with Crippen LogP contribution in [0.1, 0.15) is 0 Å². The van der Waals surface area contributed by atoms with E-state index in [9.17, 15) is 4.79 Å². The van der Waals surface area contributed by atoms with Gasteiger partial charge in [-0.1, -0.05) is 35.3 Å². The number of carbonyl (C=O) groups excluding carboxylic acids is 1. The fraction of sp³-hybridized carbons (Fsp3) is 0.0667. The molecule has 0 aliphatic rings. The lowest BCUT2D eigenvalue weighted by molar-refractivity contribution is 0.251. The first-order valence-corrected chi connectivity index (χ1v) is 6.92. The first kappa shape index (κ1) is 15.4. The minimum atomic E-state index is -0.317. The number of anilines is 1. The van der Waals surface area contributed by atoms with E-state index >= 15 is 0 Å². The summed E-state index contributed by atoms with van der Waals surface area (Å²) in [5, 5.41) is 3.68. The van der Waals surface area contributed by atoms with Gasteiger partial charge in [0.05, 0.1) is 11.4 Å². The normalized spacial score (nSPS) is 10.6. The maximum Gasteiger partial charge on any atom is 0.326 e. The van der Waals surface area contributed by atoms with E-state index in [0.717, 1.165) is 0 Å². The third-order valence-electron chi connectivity index (χ3n) is 2.65. The van der Waals surface area contributed by atoms with Crippen molar-refractivity contribution in [3.63, 3.8) is 0 Å². The molecule has 2 amide bonds. The molecule has 21 heavy (non-hydrogen) atoms. The highest BCUT2D eigenvalue weighted by atomic mass is 35.5. The highest BCUT2D eigenvalue weighted by molar-refractivity contribution is 6.31. The molecule has 0 unspecified atom stereocenters. The van der Waals surface area contributed by atoms with Crippen LogP contribution in [0.4, 0.5) is 16.2 Å². The Balaban J connectivity index is 2.31. The minimum Gasteiger partial charge on any atom is -0.340 e. The Labute approximate surface area is 133 Å². The number of nitrogens with one attached hydrogen (secondary N) is 1. The van der Waals surface area contributed by atoms with Crippen LogP contribution in [-0.2, 0) is 0 Å². The van der Waals surface area contributed by atoms with Crippen molar-refractivity contribution >= 4 is 46.9 Å². The van der Waals surface area contributed by atoms with Crippen LogP contribution in [0.15, 0.2) is 53.5 Å². The second-order valence-electron chi connectivity index (χ2n) is 4.13. The maximum atomic E-state index is 12.0. The van der Waals surface area contributed by atoms with Crippen LogP contribution < -0.4 is 10.2 Å². The molecule has 2 aromatic rings. The quantitative estimate of drug-likeness (QED) is 0.656. The number of rotatable bonds is 3. The van der Waals surface area contributed by atoms with E-state index in [1.807, 2.05) is 0 Å². The lowest BCUT2D eigenvalue weighted by atomic mass is 10.3. The number of halogens is 2. The summed E-state index contributed by atoms with van der Waals surface area (Å²) >= 11 is 11.9. The zero-order valence-electron chi connectivity index (χ0n) is 11.3. The Bertz CT molecular complexity index is 673. The third-order valence-corrected chi connectivity index (χ3v) is 3.12. The summed E-state index contributed by atoms with van der Waals surface area (Å²) in [6.07, 6.45) is 1.43. The van der Waals surface area contributed by atoms with Gasteiger partial charge in [0, 0.05) is 17.1 Å².